The maximum atomic E-state index is 12.7. The van der Waals surface area contributed by atoms with Gasteiger partial charge in [0.2, 0.25) is 0 Å². The molecule has 8 heteroatoms. The normalized spacial score (nSPS) is 12.0. The largest absolute Gasteiger partial charge is 0.417 e. The van der Waals surface area contributed by atoms with E-state index in [0.717, 1.165) is 22.7 Å². The molecule has 0 saturated carbocycles. The Morgan fingerprint density at radius 3 is 2.76 bits per heavy atom. The molecule has 0 aliphatic rings. The summed E-state index contributed by atoms with van der Waals surface area (Å²) in [4.78, 5) is 13.6. The van der Waals surface area contributed by atoms with E-state index in [1.807, 2.05) is 6.26 Å². The molecule has 0 aliphatic carbocycles. The number of halogens is 3. The van der Waals surface area contributed by atoms with Crippen LogP contribution in [0.1, 0.15) is 5.56 Å². The second-order valence-electron chi connectivity index (χ2n) is 4.14. The lowest BCUT2D eigenvalue weighted by atomic mass is 10.2. The molecule has 0 N–H and O–H groups in total. The molecule has 0 aliphatic heterocycles. The van der Waals surface area contributed by atoms with Crippen LogP contribution < -0.4 is 0 Å². The molecule has 3 rings (SSSR count). The van der Waals surface area contributed by atoms with Crippen LogP contribution in [0, 0.1) is 0 Å². The number of alkyl halides is 3. The van der Waals surface area contributed by atoms with Crippen molar-refractivity contribution in [3.05, 3.63) is 36.3 Å². The molecular weight excluding hydrogens is 319 g/mol. The molecule has 0 amide bonds. The highest BCUT2D eigenvalue weighted by atomic mass is 32.2. The first-order valence-electron chi connectivity index (χ1n) is 5.81. The van der Waals surface area contributed by atoms with E-state index in [0.29, 0.717) is 9.84 Å². The van der Waals surface area contributed by atoms with Gasteiger partial charge in [-0.3, -0.25) is 4.98 Å². The van der Waals surface area contributed by atoms with Gasteiger partial charge in [-0.2, -0.15) is 13.2 Å². The fraction of sp³-hybridized carbons (Fsp3) is 0.154. The molecule has 21 heavy (non-hydrogen) atoms. The van der Waals surface area contributed by atoms with Crippen molar-refractivity contribution in [3.63, 3.8) is 0 Å². The summed E-state index contributed by atoms with van der Waals surface area (Å²) in [5.41, 5.74) is 0.328. The van der Waals surface area contributed by atoms with Crippen molar-refractivity contribution in [2.75, 3.05) is 6.26 Å². The highest BCUT2D eigenvalue weighted by Gasteiger charge is 2.31. The first-order chi connectivity index (χ1) is 9.99. The quantitative estimate of drug-likeness (QED) is 0.650. The van der Waals surface area contributed by atoms with Gasteiger partial charge in [0.25, 0.3) is 0 Å². The fourth-order valence-electron chi connectivity index (χ4n) is 1.81. The number of thiazole rings is 1. The summed E-state index contributed by atoms with van der Waals surface area (Å²) in [5.74, 6) is 0. The van der Waals surface area contributed by atoms with Crippen LogP contribution in [-0.2, 0) is 6.18 Å². The Morgan fingerprint density at radius 2 is 2.05 bits per heavy atom. The zero-order valence-corrected chi connectivity index (χ0v) is 12.3. The summed E-state index contributed by atoms with van der Waals surface area (Å²) in [7, 11) is 0. The van der Waals surface area contributed by atoms with Crippen molar-refractivity contribution in [3.8, 4) is 10.6 Å². The molecule has 0 atom stereocenters. The molecule has 0 aromatic carbocycles. The zero-order chi connectivity index (χ0) is 15.0. The standard InChI is InChI=1S/C13H8F3N3S2/c1-20-10-6-17-3-2-8(10)11-19-9-4-7(13(14,15)16)5-18-12(9)21-11/h2-6H,1H3. The van der Waals surface area contributed by atoms with Crippen LogP contribution in [0.3, 0.4) is 0 Å². The van der Waals surface area contributed by atoms with Crippen LogP contribution >= 0.6 is 23.1 Å². The minimum Gasteiger partial charge on any atom is -0.264 e. The van der Waals surface area contributed by atoms with Crippen molar-refractivity contribution in [2.24, 2.45) is 0 Å². The Bertz CT molecular complexity index is 799. The van der Waals surface area contributed by atoms with Gasteiger partial charge in [0.15, 0.2) is 0 Å². The Balaban J connectivity index is 2.13. The molecule has 0 unspecified atom stereocenters. The topological polar surface area (TPSA) is 38.7 Å². The van der Waals surface area contributed by atoms with Crippen molar-refractivity contribution >= 4 is 33.4 Å². The predicted octanol–water partition coefficient (Wildman–Crippen LogP) is 4.49. The van der Waals surface area contributed by atoms with E-state index in [-0.39, 0.29) is 5.52 Å². The van der Waals surface area contributed by atoms with Crippen molar-refractivity contribution < 1.29 is 13.2 Å². The Morgan fingerprint density at radius 1 is 1.24 bits per heavy atom. The van der Waals surface area contributed by atoms with E-state index in [2.05, 4.69) is 15.0 Å². The summed E-state index contributed by atoms with van der Waals surface area (Å²) in [6.07, 6.45) is 1.68. The molecule has 108 valence electrons. The van der Waals surface area contributed by atoms with Crippen molar-refractivity contribution in [2.45, 2.75) is 11.1 Å². The minimum atomic E-state index is -4.41. The van der Waals surface area contributed by atoms with Gasteiger partial charge in [0, 0.05) is 29.0 Å². The van der Waals surface area contributed by atoms with Gasteiger partial charge in [-0.25, -0.2) is 9.97 Å². The van der Waals surface area contributed by atoms with Crippen molar-refractivity contribution in [1.29, 1.82) is 0 Å². The van der Waals surface area contributed by atoms with Gasteiger partial charge in [-0.15, -0.1) is 11.8 Å². The van der Waals surface area contributed by atoms with E-state index in [4.69, 9.17) is 0 Å². The Labute approximate surface area is 126 Å². The molecule has 3 heterocycles. The lowest BCUT2D eigenvalue weighted by Gasteiger charge is -2.04. The van der Waals surface area contributed by atoms with Crippen molar-refractivity contribution in [1.82, 2.24) is 15.0 Å². The summed E-state index contributed by atoms with van der Waals surface area (Å²) in [5, 5.41) is 0.642. The number of thioether (sulfide) groups is 1. The van der Waals surface area contributed by atoms with E-state index >= 15 is 0 Å². The third-order valence-electron chi connectivity index (χ3n) is 2.81. The maximum Gasteiger partial charge on any atom is 0.417 e. The van der Waals surface area contributed by atoms with E-state index in [9.17, 15) is 13.2 Å². The van der Waals surface area contributed by atoms with Gasteiger partial charge in [-0.05, 0) is 18.4 Å². The molecule has 0 bridgehead atoms. The predicted molar refractivity (Wildman–Crippen MR) is 77.4 cm³/mol. The number of aromatic nitrogens is 3. The summed E-state index contributed by atoms with van der Waals surface area (Å²) < 4.78 is 38.1. The van der Waals surface area contributed by atoms with E-state index < -0.39 is 11.7 Å². The fourth-order valence-corrected chi connectivity index (χ4v) is 3.36. The number of hydrogen-bond acceptors (Lipinski definition) is 5. The molecule has 3 nitrogen and oxygen atoms in total. The van der Waals surface area contributed by atoms with E-state index in [1.54, 1.807) is 18.5 Å². The van der Waals surface area contributed by atoms with Gasteiger partial charge in [0.1, 0.15) is 15.4 Å². The van der Waals surface area contributed by atoms with Gasteiger partial charge < -0.3 is 0 Å². The van der Waals surface area contributed by atoms with E-state index in [1.165, 1.54) is 23.1 Å². The monoisotopic (exact) mass is 327 g/mol. The number of pyridine rings is 2. The lowest BCUT2D eigenvalue weighted by Crippen LogP contribution is -2.04. The SMILES string of the molecule is CSc1cnccc1-c1nc2cc(C(F)(F)F)cnc2s1. The second-order valence-corrected chi connectivity index (χ2v) is 5.97. The van der Waals surface area contributed by atoms with Crippen LogP contribution in [0.4, 0.5) is 13.2 Å². The summed E-state index contributed by atoms with van der Waals surface area (Å²) >= 11 is 2.78. The summed E-state index contributed by atoms with van der Waals surface area (Å²) in [6, 6.07) is 2.83. The minimum absolute atomic E-state index is 0.258. The highest BCUT2D eigenvalue weighted by Crippen LogP contribution is 2.36. The molecule has 0 radical (unpaired) electrons. The third kappa shape index (κ3) is 2.73. The number of rotatable bonds is 2. The zero-order valence-electron chi connectivity index (χ0n) is 10.7. The molecule has 3 aromatic rings. The first-order valence-corrected chi connectivity index (χ1v) is 7.85. The van der Waals surface area contributed by atoms with Crippen LogP contribution in [-0.4, -0.2) is 21.2 Å². The lowest BCUT2D eigenvalue weighted by molar-refractivity contribution is -0.137. The summed E-state index contributed by atoms with van der Waals surface area (Å²) in [6.45, 7) is 0. The molecule has 0 fully saturated rings. The number of nitrogens with zero attached hydrogens (tertiary/aromatic N) is 3. The molecule has 0 saturated heterocycles. The van der Waals surface area contributed by atoms with Gasteiger partial charge in [0.05, 0.1) is 5.56 Å². The third-order valence-corrected chi connectivity index (χ3v) is 4.59. The Hall–Kier alpha value is -1.67. The first kappa shape index (κ1) is 14.3. The van der Waals surface area contributed by atoms with Gasteiger partial charge >= 0.3 is 6.18 Å². The average molecular weight is 327 g/mol. The Kier molecular flexibility index (Phi) is 3.58. The average Bonchev–Trinajstić information content (AvgIpc) is 2.89. The van der Waals surface area contributed by atoms with Crippen LogP contribution in [0.15, 0.2) is 35.6 Å². The smallest absolute Gasteiger partial charge is 0.264 e. The van der Waals surface area contributed by atoms with Gasteiger partial charge in [-0.1, -0.05) is 11.3 Å². The molecule has 0 spiro atoms. The number of hydrogen-bond donors (Lipinski definition) is 0. The molecule has 3 aromatic heterocycles. The second kappa shape index (κ2) is 5.27. The van der Waals surface area contributed by atoms with Crippen LogP contribution in [0.2, 0.25) is 0 Å². The number of fused-ring (bicyclic) bond motifs is 1. The maximum absolute atomic E-state index is 12.7. The molecular formula is C13H8F3N3S2. The van der Waals surface area contributed by atoms with Crippen LogP contribution in [0.25, 0.3) is 20.9 Å². The van der Waals surface area contributed by atoms with Crippen LogP contribution in [0.5, 0.6) is 0 Å². The highest BCUT2D eigenvalue weighted by molar-refractivity contribution is 7.98.